The molecule has 0 aromatic heterocycles. The largest absolute Gasteiger partial charge is 0.0587 e. The standard InChI is InChI=1S/C19H20/c1-12-6-8-15-16-9-7-13(2)14-5-4-10-19(3,18(14)16)17(15)11-12/h6-9,11H,4-5,10H2,1-3H3. The van der Waals surface area contributed by atoms with E-state index in [2.05, 4.69) is 51.1 Å². The van der Waals surface area contributed by atoms with Gasteiger partial charge < -0.3 is 0 Å². The minimum absolute atomic E-state index is 0.260. The molecule has 0 amide bonds. The van der Waals surface area contributed by atoms with Crippen LogP contribution in [-0.2, 0) is 11.8 Å². The molecule has 0 saturated heterocycles. The second kappa shape index (κ2) is 3.50. The molecule has 0 N–H and O–H groups in total. The third kappa shape index (κ3) is 1.30. The lowest BCUT2D eigenvalue weighted by Gasteiger charge is -2.34. The molecule has 2 aromatic carbocycles. The van der Waals surface area contributed by atoms with Crippen molar-refractivity contribution in [2.24, 2.45) is 0 Å². The molecule has 96 valence electrons. The number of benzene rings is 2. The van der Waals surface area contributed by atoms with Crippen LogP contribution in [0.3, 0.4) is 0 Å². The predicted molar refractivity (Wildman–Crippen MR) is 80.7 cm³/mol. The molecule has 19 heavy (non-hydrogen) atoms. The molecule has 2 aromatic rings. The minimum atomic E-state index is 0.260. The van der Waals surface area contributed by atoms with E-state index in [0.29, 0.717) is 0 Å². The summed E-state index contributed by atoms with van der Waals surface area (Å²) in [4.78, 5) is 0. The minimum Gasteiger partial charge on any atom is -0.0587 e. The Labute approximate surface area is 115 Å². The number of hydrogen-bond donors (Lipinski definition) is 0. The summed E-state index contributed by atoms with van der Waals surface area (Å²) < 4.78 is 0. The monoisotopic (exact) mass is 248 g/mol. The fourth-order valence-corrected chi connectivity index (χ4v) is 4.29. The molecule has 0 aliphatic heterocycles. The Morgan fingerprint density at radius 2 is 1.79 bits per heavy atom. The van der Waals surface area contributed by atoms with E-state index < -0.39 is 0 Å². The average Bonchev–Trinajstić information content (AvgIpc) is 2.64. The summed E-state index contributed by atoms with van der Waals surface area (Å²) in [7, 11) is 0. The van der Waals surface area contributed by atoms with Crippen LogP contribution in [-0.4, -0.2) is 0 Å². The van der Waals surface area contributed by atoms with Gasteiger partial charge in [0.05, 0.1) is 0 Å². The van der Waals surface area contributed by atoms with Gasteiger partial charge in [0, 0.05) is 5.41 Å². The highest BCUT2D eigenvalue weighted by Gasteiger charge is 2.42. The number of aryl methyl sites for hydroxylation is 2. The first-order valence-electron chi connectivity index (χ1n) is 7.36. The van der Waals surface area contributed by atoms with E-state index in [9.17, 15) is 0 Å². The van der Waals surface area contributed by atoms with Crippen LogP contribution in [0.15, 0.2) is 30.3 Å². The zero-order chi connectivity index (χ0) is 13.2. The molecule has 0 bridgehead atoms. The molecule has 0 radical (unpaired) electrons. The number of hydrogen-bond acceptors (Lipinski definition) is 0. The van der Waals surface area contributed by atoms with Crippen LogP contribution in [0.5, 0.6) is 0 Å². The summed E-state index contributed by atoms with van der Waals surface area (Å²) in [5.41, 5.74) is 10.9. The number of fused-ring (bicyclic) bond motifs is 3. The molecule has 1 unspecified atom stereocenters. The van der Waals surface area contributed by atoms with Gasteiger partial charge in [0.1, 0.15) is 0 Å². The van der Waals surface area contributed by atoms with Crippen LogP contribution in [0, 0.1) is 13.8 Å². The van der Waals surface area contributed by atoms with Gasteiger partial charge in [-0.15, -0.1) is 0 Å². The molecule has 0 saturated carbocycles. The maximum absolute atomic E-state index is 2.46. The molecule has 2 aliphatic carbocycles. The van der Waals surface area contributed by atoms with Crippen LogP contribution < -0.4 is 0 Å². The van der Waals surface area contributed by atoms with E-state index in [1.807, 2.05) is 0 Å². The number of rotatable bonds is 0. The normalized spacial score (nSPS) is 23.1. The van der Waals surface area contributed by atoms with Gasteiger partial charge in [-0.05, 0) is 66.5 Å². The summed E-state index contributed by atoms with van der Waals surface area (Å²) in [6.07, 6.45) is 3.88. The maximum Gasteiger partial charge on any atom is 0.0190 e. The Kier molecular flexibility index (Phi) is 2.08. The van der Waals surface area contributed by atoms with Gasteiger partial charge >= 0.3 is 0 Å². The maximum atomic E-state index is 2.46. The summed E-state index contributed by atoms with van der Waals surface area (Å²) in [5.74, 6) is 0. The summed E-state index contributed by atoms with van der Waals surface area (Å²) >= 11 is 0. The highest BCUT2D eigenvalue weighted by atomic mass is 14.5. The van der Waals surface area contributed by atoms with Crippen molar-refractivity contribution in [2.45, 2.75) is 45.4 Å². The van der Waals surface area contributed by atoms with Crippen molar-refractivity contribution >= 4 is 0 Å². The highest BCUT2D eigenvalue weighted by molar-refractivity contribution is 5.83. The van der Waals surface area contributed by atoms with Crippen LogP contribution in [0.2, 0.25) is 0 Å². The topological polar surface area (TPSA) is 0 Å². The van der Waals surface area contributed by atoms with E-state index in [4.69, 9.17) is 0 Å². The Bertz CT molecular complexity index is 693. The molecule has 0 spiro atoms. The fourth-order valence-electron chi connectivity index (χ4n) is 4.29. The van der Waals surface area contributed by atoms with E-state index in [-0.39, 0.29) is 5.41 Å². The molecule has 0 fully saturated rings. The van der Waals surface area contributed by atoms with Gasteiger partial charge in [0.2, 0.25) is 0 Å². The van der Waals surface area contributed by atoms with Crippen molar-refractivity contribution < 1.29 is 0 Å². The first kappa shape index (κ1) is 11.3. The van der Waals surface area contributed by atoms with Crippen LogP contribution >= 0.6 is 0 Å². The zero-order valence-electron chi connectivity index (χ0n) is 12.0. The third-order valence-corrected chi connectivity index (χ3v) is 5.26. The zero-order valence-corrected chi connectivity index (χ0v) is 12.0. The molecule has 4 rings (SSSR count). The van der Waals surface area contributed by atoms with Crippen molar-refractivity contribution in [3.05, 3.63) is 58.1 Å². The van der Waals surface area contributed by atoms with Crippen molar-refractivity contribution in [3.8, 4) is 11.1 Å². The van der Waals surface area contributed by atoms with Gasteiger partial charge in [-0.2, -0.15) is 0 Å². The van der Waals surface area contributed by atoms with Gasteiger partial charge in [0.15, 0.2) is 0 Å². The van der Waals surface area contributed by atoms with Gasteiger partial charge in [0.25, 0.3) is 0 Å². The lowest BCUT2D eigenvalue weighted by molar-refractivity contribution is 0.475. The molecule has 0 heterocycles. The molecule has 0 nitrogen and oxygen atoms in total. The van der Waals surface area contributed by atoms with Gasteiger partial charge in [-0.25, -0.2) is 0 Å². The van der Waals surface area contributed by atoms with E-state index in [1.165, 1.54) is 41.5 Å². The predicted octanol–water partition coefficient (Wildman–Crippen LogP) is 4.93. The van der Waals surface area contributed by atoms with Crippen molar-refractivity contribution in [2.75, 3.05) is 0 Å². The van der Waals surface area contributed by atoms with Crippen LogP contribution in [0.25, 0.3) is 11.1 Å². The Hall–Kier alpha value is -1.56. The molecule has 1 atom stereocenters. The summed E-state index contributed by atoms with van der Waals surface area (Å²) in [6.45, 7) is 6.94. The first-order chi connectivity index (χ1) is 9.11. The molecule has 0 heteroatoms. The smallest absolute Gasteiger partial charge is 0.0190 e. The Morgan fingerprint density at radius 1 is 1.00 bits per heavy atom. The van der Waals surface area contributed by atoms with Crippen molar-refractivity contribution in [3.63, 3.8) is 0 Å². The molecule has 2 aliphatic rings. The molecular weight excluding hydrogens is 228 g/mol. The quantitative estimate of drug-likeness (QED) is 0.620. The lowest BCUT2D eigenvalue weighted by atomic mass is 9.69. The van der Waals surface area contributed by atoms with Gasteiger partial charge in [-0.1, -0.05) is 42.8 Å². The van der Waals surface area contributed by atoms with Crippen molar-refractivity contribution in [1.82, 2.24) is 0 Å². The van der Waals surface area contributed by atoms with E-state index in [1.54, 1.807) is 16.7 Å². The second-order valence-corrected chi connectivity index (χ2v) is 6.52. The van der Waals surface area contributed by atoms with E-state index >= 15 is 0 Å². The fraction of sp³-hybridized carbons (Fsp3) is 0.368. The summed E-state index contributed by atoms with van der Waals surface area (Å²) in [5, 5.41) is 0. The van der Waals surface area contributed by atoms with Crippen molar-refractivity contribution in [1.29, 1.82) is 0 Å². The molecular formula is C19H20. The highest BCUT2D eigenvalue weighted by Crippen LogP contribution is 2.55. The summed E-state index contributed by atoms with van der Waals surface area (Å²) in [6, 6.07) is 11.7. The second-order valence-electron chi connectivity index (χ2n) is 6.52. The van der Waals surface area contributed by atoms with Gasteiger partial charge in [-0.3, -0.25) is 0 Å². The third-order valence-electron chi connectivity index (χ3n) is 5.26. The van der Waals surface area contributed by atoms with Crippen LogP contribution in [0.1, 0.15) is 47.6 Å². The first-order valence-corrected chi connectivity index (χ1v) is 7.36. The SMILES string of the molecule is Cc1ccc2c(c1)C1(C)CCCc3c(C)ccc-2c31. The Balaban J connectivity index is 2.14. The van der Waals surface area contributed by atoms with Crippen LogP contribution in [0.4, 0.5) is 0 Å². The Morgan fingerprint density at radius 3 is 2.63 bits per heavy atom. The van der Waals surface area contributed by atoms with E-state index in [0.717, 1.165) is 0 Å². The average molecular weight is 248 g/mol. The lowest BCUT2D eigenvalue weighted by Crippen LogP contribution is -2.26.